The third kappa shape index (κ3) is 6.08. The van der Waals surface area contributed by atoms with Crippen molar-refractivity contribution in [3.8, 4) is 0 Å². The Balaban J connectivity index is 0.000000501. The first kappa shape index (κ1) is 32.7. The SMILES string of the molecule is Fc1cc([B-](c2cc(F)c(F)c(F)c2)(c2cc(F)c(F)c(F)c2)c2cc(F)c(F)c(F)c2)cc(F)c1F.N#[N+]c1ccccc1. The van der Waals surface area contributed by atoms with Gasteiger partial charge in [-0.3, -0.25) is 0 Å². The number of hydrogen-bond acceptors (Lipinski definition) is 1. The lowest BCUT2D eigenvalue weighted by molar-refractivity contribution is 0.447. The topological polar surface area (TPSA) is 28.1 Å². The molecule has 5 aromatic rings. The van der Waals surface area contributed by atoms with Gasteiger partial charge in [0.25, 0.3) is 0 Å². The van der Waals surface area contributed by atoms with Gasteiger partial charge in [0.1, 0.15) is 6.15 Å². The molecule has 0 bridgehead atoms. The maximum absolute atomic E-state index is 14.4. The third-order valence-electron chi connectivity index (χ3n) is 6.90. The van der Waals surface area contributed by atoms with Crippen LogP contribution >= 0.6 is 0 Å². The summed E-state index contributed by atoms with van der Waals surface area (Å²) >= 11 is 0. The van der Waals surface area contributed by atoms with Crippen molar-refractivity contribution in [1.29, 1.82) is 5.39 Å². The summed E-state index contributed by atoms with van der Waals surface area (Å²) in [5.74, 6) is -24.0. The Morgan fingerprint density at radius 2 is 0.600 bits per heavy atom. The van der Waals surface area contributed by atoms with Crippen molar-refractivity contribution in [1.82, 2.24) is 0 Å². The highest BCUT2D eigenvalue weighted by Gasteiger charge is 2.37. The van der Waals surface area contributed by atoms with E-state index >= 15 is 0 Å². The normalized spacial score (nSPS) is 11.1. The number of rotatable bonds is 4. The van der Waals surface area contributed by atoms with Crippen LogP contribution < -0.4 is 21.9 Å². The highest BCUT2D eigenvalue weighted by Crippen LogP contribution is 2.21. The predicted molar refractivity (Wildman–Crippen MR) is 141 cm³/mol. The molecular weight excluding hydrogens is 627 g/mol. The van der Waals surface area contributed by atoms with Gasteiger partial charge < -0.3 is 0 Å². The molecule has 5 rings (SSSR count). The van der Waals surface area contributed by atoms with Crippen molar-refractivity contribution < 1.29 is 52.7 Å². The number of halogens is 12. The van der Waals surface area contributed by atoms with Crippen molar-refractivity contribution in [2.75, 3.05) is 0 Å². The summed E-state index contributed by atoms with van der Waals surface area (Å²) < 4.78 is 170. The Labute approximate surface area is 245 Å². The molecule has 230 valence electrons. The molecule has 0 N–H and O–H groups in total. The Hall–Kier alpha value is -5.26. The first-order chi connectivity index (χ1) is 21.2. The average molecular weight is 640 g/mol. The standard InChI is InChI=1S/C24H8BF12.C6H5N2/c26-13-1-9(2-14(27)21(13)34)25(10-3-15(28)22(35)16(29)4-10,11-5-17(30)23(36)18(31)6-11)12-7-19(32)24(37)20(33)8-12;7-8-6-4-2-1-3-5-6/h1-8H;1-5H/q-1;+1. The Morgan fingerprint density at radius 1 is 0.378 bits per heavy atom. The molecule has 0 spiro atoms. The molecule has 0 fully saturated rings. The molecule has 0 heterocycles. The summed E-state index contributed by atoms with van der Waals surface area (Å²) in [6, 6.07) is 10.4. The van der Waals surface area contributed by atoms with Crippen LogP contribution in [0, 0.1) is 75.2 Å². The largest absolute Gasteiger partial charge is 0.385 e. The molecule has 0 aliphatic carbocycles. The zero-order valence-corrected chi connectivity index (χ0v) is 22.0. The maximum Gasteiger partial charge on any atom is 0.385 e. The highest BCUT2D eigenvalue weighted by molar-refractivity contribution is 7.19. The summed E-state index contributed by atoms with van der Waals surface area (Å²) in [4.78, 5) is 2.97. The zero-order chi connectivity index (χ0) is 33.2. The molecule has 5 aromatic carbocycles. The number of benzene rings is 5. The van der Waals surface area contributed by atoms with E-state index in [0.717, 1.165) is 0 Å². The van der Waals surface area contributed by atoms with Gasteiger partial charge in [0, 0.05) is 12.1 Å². The summed E-state index contributed by atoms with van der Waals surface area (Å²) in [6.45, 7) is 0. The van der Waals surface area contributed by atoms with E-state index in [1.807, 2.05) is 18.2 Å². The van der Waals surface area contributed by atoms with Gasteiger partial charge in [-0.15, -0.1) is 0 Å². The van der Waals surface area contributed by atoms with Crippen molar-refractivity contribution in [2.45, 2.75) is 0 Å². The molecule has 2 nitrogen and oxygen atoms in total. The fraction of sp³-hybridized carbons (Fsp3) is 0. The van der Waals surface area contributed by atoms with Gasteiger partial charge in [-0.05, 0) is 0 Å². The van der Waals surface area contributed by atoms with Crippen molar-refractivity contribution >= 4 is 33.7 Å². The Bertz CT molecular complexity index is 1630. The Kier molecular flexibility index (Phi) is 9.27. The van der Waals surface area contributed by atoms with Gasteiger partial charge in [-0.25, -0.2) is 52.7 Å². The van der Waals surface area contributed by atoms with E-state index in [2.05, 4.69) is 4.98 Å². The molecule has 0 aliphatic rings. The van der Waals surface area contributed by atoms with Gasteiger partial charge in [-0.1, -0.05) is 66.7 Å². The second-order valence-corrected chi connectivity index (χ2v) is 9.50. The minimum absolute atomic E-state index is 0.177. The monoisotopic (exact) mass is 640 g/mol. The van der Waals surface area contributed by atoms with Crippen molar-refractivity contribution in [3.63, 3.8) is 0 Å². The average Bonchev–Trinajstić information content (AvgIpc) is 3.01. The molecule has 45 heavy (non-hydrogen) atoms. The van der Waals surface area contributed by atoms with E-state index in [1.54, 1.807) is 12.1 Å². The molecule has 0 amide bonds. The predicted octanol–water partition coefficient (Wildman–Crippen LogP) is 6.90. The van der Waals surface area contributed by atoms with Crippen LogP contribution in [0.3, 0.4) is 0 Å². The third-order valence-corrected chi connectivity index (χ3v) is 6.90. The van der Waals surface area contributed by atoms with Crippen LogP contribution in [0.2, 0.25) is 0 Å². The number of hydrogen-bond donors (Lipinski definition) is 0. The van der Waals surface area contributed by atoms with Gasteiger partial charge in [-0.2, -0.15) is 21.9 Å². The smallest absolute Gasteiger partial charge is 0.204 e. The molecule has 0 radical (unpaired) electrons. The molecule has 0 saturated heterocycles. The van der Waals surface area contributed by atoms with Gasteiger partial charge in [0.15, 0.2) is 74.8 Å². The quantitative estimate of drug-likeness (QED) is 0.0910. The van der Waals surface area contributed by atoms with E-state index in [9.17, 15) is 52.7 Å². The second-order valence-electron chi connectivity index (χ2n) is 9.50. The summed E-state index contributed by atoms with van der Waals surface area (Å²) in [5.41, 5.74) is -3.20. The number of nitrogens with zero attached hydrogens (tertiary/aromatic N) is 2. The lowest BCUT2D eigenvalue weighted by Gasteiger charge is -2.44. The second kappa shape index (κ2) is 12.8. The lowest BCUT2D eigenvalue weighted by atomic mass is 9.13. The first-order valence-corrected chi connectivity index (χ1v) is 12.4. The van der Waals surface area contributed by atoms with Gasteiger partial charge in [0.2, 0.25) is 5.39 Å². The van der Waals surface area contributed by atoms with Crippen molar-refractivity contribution in [3.05, 3.63) is 154 Å². The maximum atomic E-state index is 14.4. The van der Waals surface area contributed by atoms with Crippen LogP contribution in [0.15, 0.2) is 78.9 Å². The first-order valence-electron chi connectivity index (χ1n) is 12.4. The van der Waals surface area contributed by atoms with E-state index in [-0.39, 0.29) is 48.5 Å². The lowest BCUT2D eigenvalue weighted by Crippen LogP contribution is -2.75. The number of diazo groups is 1. The summed E-state index contributed by atoms with van der Waals surface area (Å²) in [7, 11) is 0. The van der Waals surface area contributed by atoms with Crippen molar-refractivity contribution in [2.24, 2.45) is 0 Å². The molecule has 0 atom stereocenters. The van der Waals surface area contributed by atoms with E-state index in [4.69, 9.17) is 5.39 Å². The van der Waals surface area contributed by atoms with E-state index in [0.29, 0.717) is 5.69 Å². The van der Waals surface area contributed by atoms with Crippen LogP contribution in [0.4, 0.5) is 58.4 Å². The highest BCUT2D eigenvalue weighted by atomic mass is 19.2. The van der Waals surface area contributed by atoms with Crippen LogP contribution in [0.25, 0.3) is 4.98 Å². The summed E-state index contributed by atoms with van der Waals surface area (Å²) in [5, 5.41) is 8.16. The molecule has 0 unspecified atom stereocenters. The molecular formula is C30H13BF12N2. The summed E-state index contributed by atoms with van der Waals surface area (Å²) in [6.07, 6.45) is -4.01. The molecule has 15 heteroatoms. The molecule has 0 aliphatic heterocycles. The minimum Gasteiger partial charge on any atom is -0.204 e. The van der Waals surface area contributed by atoms with E-state index < -0.39 is 97.8 Å². The van der Waals surface area contributed by atoms with Crippen LogP contribution in [-0.2, 0) is 0 Å². The molecule has 0 aromatic heterocycles. The zero-order valence-electron chi connectivity index (χ0n) is 22.0. The fourth-order valence-electron chi connectivity index (χ4n) is 4.95. The van der Waals surface area contributed by atoms with Crippen LogP contribution in [-0.4, -0.2) is 6.15 Å². The minimum atomic E-state index is -4.01. The van der Waals surface area contributed by atoms with Crippen LogP contribution in [0.1, 0.15) is 0 Å². The Morgan fingerprint density at radius 3 is 0.778 bits per heavy atom. The molecule has 0 saturated carbocycles. The fourth-order valence-corrected chi connectivity index (χ4v) is 4.95. The van der Waals surface area contributed by atoms with E-state index in [1.165, 1.54) is 0 Å². The van der Waals surface area contributed by atoms with Crippen LogP contribution in [0.5, 0.6) is 0 Å². The van der Waals surface area contributed by atoms with Gasteiger partial charge >= 0.3 is 5.69 Å². The van der Waals surface area contributed by atoms with Gasteiger partial charge in [0.05, 0.1) is 0 Å².